The molecular weight excluding hydrogens is 196 g/mol. The summed E-state index contributed by atoms with van der Waals surface area (Å²) in [7, 11) is -4.61. The number of hydrogen-bond donors (Lipinski definition) is 2. The fourth-order valence-electron chi connectivity index (χ4n) is 1.00. The second-order valence-electron chi connectivity index (χ2n) is 2.64. The van der Waals surface area contributed by atoms with Crippen LogP contribution in [0.2, 0.25) is 0 Å². The lowest BCUT2D eigenvalue weighted by Gasteiger charge is -2.03. The molecule has 0 amide bonds. The normalized spacial score (nSPS) is 13.8. The highest BCUT2D eigenvalue weighted by molar-refractivity contribution is 7.90. The van der Waals surface area contributed by atoms with E-state index in [1.807, 2.05) is 0 Å². The molecule has 13 heavy (non-hydrogen) atoms. The van der Waals surface area contributed by atoms with Crippen LogP contribution in [-0.4, -0.2) is 24.0 Å². The Morgan fingerprint density at radius 2 is 1.85 bits per heavy atom. The van der Waals surface area contributed by atoms with E-state index in [-0.39, 0.29) is 5.57 Å². The van der Waals surface area contributed by atoms with Crippen LogP contribution in [0.15, 0.2) is 10.5 Å². The highest BCUT2D eigenvalue weighted by Crippen LogP contribution is 2.15. The minimum Gasteiger partial charge on any atom is -0.477 e. The van der Waals surface area contributed by atoms with Crippen molar-refractivity contribution in [1.82, 2.24) is 0 Å². The number of carboxylic acid groups (broad SMARTS) is 1. The zero-order chi connectivity index (χ0) is 10.6. The van der Waals surface area contributed by atoms with Crippen LogP contribution in [0.4, 0.5) is 0 Å². The molecule has 0 aromatic rings. The molecule has 0 bridgehead atoms. The maximum atomic E-state index is 10.6. The van der Waals surface area contributed by atoms with E-state index >= 15 is 0 Å². The van der Waals surface area contributed by atoms with Gasteiger partial charge in [0.25, 0.3) is 0 Å². The molecule has 5 nitrogen and oxygen atoms in total. The number of rotatable bonds is 4. The molecule has 0 aliphatic heterocycles. The van der Waals surface area contributed by atoms with Gasteiger partial charge in [-0.3, -0.25) is 4.55 Å². The molecule has 0 aromatic heterocycles. The third-order valence-electron chi connectivity index (χ3n) is 1.46. The second-order valence-corrected chi connectivity index (χ2v) is 4.00. The lowest BCUT2D eigenvalue weighted by Crippen LogP contribution is -2.14. The fraction of sp³-hybridized carbons (Fsp3) is 0.571. The fourth-order valence-corrected chi connectivity index (χ4v) is 1.76. The van der Waals surface area contributed by atoms with Gasteiger partial charge in [-0.15, -0.1) is 0 Å². The molecule has 0 rings (SSSR count). The van der Waals surface area contributed by atoms with E-state index in [4.69, 9.17) is 9.66 Å². The van der Waals surface area contributed by atoms with Crippen molar-refractivity contribution in [2.45, 2.75) is 26.7 Å². The van der Waals surface area contributed by atoms with Gasteiger partial charge < -0.3 is 5.11 Å². The third-order valence-corrected chi connectivity index (χ3v) is 2.50. The van der Waals surface area contributed by atoms with Crippen LogP contribution < -0.4 is 0 Å². The van der Waals surface area contributed by atoms with Gasteiger partial charge in [-0.25, -0.2) is 4.79 Å². The summed E-state index contributed by atoms with van der Waals surface area (Å²) in [6.45, 7) is 3.16. The highest BCUT2D eigenvalue weighted by Gasteiger charge is 2.24. The predicted molar refractivity (Wildman–Crippen MR) is 46.8 cm³/mol. The summed E-state index contributed by atoms with van der Waals surface area (Å²) in [6.07, 6.45) is 0.958. The average molecular weight is 208 g/mol. The first-order chi connectivity index (χ1) is 5.80. The standard InChI is InChI=1S/C7H12O5S/c1-3-4-5(2)6(7(8)9)13(10,11)12/h3-4H2,1-2H3,(H,8,9)(H,10,11,12)/b6-5+. The van der Waals surface area contributed by atoms with E-state index in [1.165, 1.54) is 6.92 Å². The van der Waals surface area contributed by atoms with Crippen LogP contribution >= 0.6 is 0 Å². The molecular formula is C7H12O5S. The van der Waals surface area contributed by atoms with E-state index in [0.717, 1.165) is 0 Å². The first kappa shape index (κ1) is 12.1. The molecule has 6 heteroatoms. The van der Waals surface area contributed by atoms with Crippen LogP contribution in [0, 0.1) is 0 Å². The summed E-state index contributed by atoms with van der Waals surface area (Å²) in [4.78, 5) is 9.56. The second kappa shape index (κ2) is 4.38. The lowest BCUT2D eigenvalue weighted by atomic mass is 10.2. The maximum Gasteiger partial charge on any atom is 0.349 e. The number of carbonyl (C=O) groups is 1. The third kappa shape index (κ3) is 3.56. The largest absolute Gasteiger partial charge is 0.477 e. The van der Waals surface area contributed by atoms with Gasteiger partial charge in [0, 0.05) is 0 Å². The summed E-state index contributed by atoms with van der Waals surface area (Å²) in [5.41, 5.74) is 0.164. The first-order valence-corrected chi connectivity index (χ1v) is 5.15. The molecule has 0 heterocycles. The Hall–Kier alpha value is -0.880. The van der Waals surface area contributed by atoms with E-state index in [0.29, 0.717) is 12.8 Å². The number of allylic oxidation sites excluding steroid dienone is 1. The molecule has 0 saturated heterocycles. The number of hydrogen-bond acceptors (Lipinski definition) is 3. The molecule has 0 radical (unpaired) electrons. The van der Waals surface area contributed by atoms with Crippen LogP contribution in [0.1, 0.15) is 26.7 Å². The molecule has 0 unspecified atom stereocenters. The van der Waals surface area contributed by atoms with Crippen LogP contribution in [-0.2, 0) is 14.9 Å². The van der Waals surface area contributed by atoms with Gasteiger partial charge in [0.2, 0.25) is 0 Å². The Labute approximate surface area is 76.8 Å². The van der Waals surface area contributed by atoms with Crippen molar-refractivity contribution in [2.24, 2.45) is 0 Å². The van der Waals surface area contributed by atoms with Gasteiger partial charge in [0.05, 0.1) is 0 Å². The summed E-state index contributed by atoms with van der Waals surface area (Å²) < 4.78 is 29.8. The van der Waals surface area contributed by atoms with Crippen LogP contribution in [0.25, 0.3) is 0 Å². The SMILES string of the molecule is CCC/C(C)=C(\C(=O)O)S(=O)(=O)O. The predicted octanol–water partition coefficient (Wildman–Crippen LogP) is 1.03. The number of aliphatic carboxylic acids is 1. The topological polar surface area (TPSA) is 91.7 Å². The number of carboxylic acids is 1. The van der Waals surface area contributed by atoms with Crippen LogP contribution in [0.5, 0.6) is 0 Å². The summed E-state index contributed by atoms with van der Waals surface area (Å²) in [5.74, 6) is -1.62. The Kier molecular flexibility index (Phi) is 4.09. The molecule has 0 aliphatic rings. The van der Waals surface area contributed by atoms with Crippen molar-refractivity contribution in [2.75, 3.05) is 0 Å². The van der Waals surface area contributed by atoms with E-state index in [1.54, 1.807) is 6.92 Å². The Morgan fingerprint density at radius 1 is 1.38 bits per heavy atom. The Bertz CT molecular complexity index is 325. The van der Waals surface area contributed by atoms with Crippen LogP contribution in [0.3, 0.4) is 0 Å². The molecule has 0 aliphatic carbocycles. The summed E-state index contributed by atoms with van der Waals surface area (Å²) in [6, 6.07) is 0. The molecule has 0 saturated carbocycles. The molecule has 76 valence electrons. The van der Waals surface area contributed by atoms with E-state index in [2.05, 4.69) is 0 Å². The van der Waals surface area contributed by atoms with Crippen molar-refractivity contribution in [3.05, 3.63) is 10.5 Å². The lowest BCUT2D eigenvalue weighted by molar-refractivity contribution is -0.131. The van der Waals surface area contributed by atoms with Gasteiger partial charge >= 0.3 is 16.1 Å². The molecule has 0 spiro atoms. The summed E-state index contributed by atoms with van der Waals surface area (Å²) in [5, 5.41) is 8.51. The first-order valence-electron chi connectivity index (χ1n) is 3.71. The van der Waals surface area contributed by atoms with E-state index in [9.17, 15) is 13.2 Å². The Balaban J connectivity index is 5.27. The quantitative estimate of drug-likeness (QED) is 0.532. The van der Waals surface area contributed by atoms with Gasteiger partial charge in [-0.05, 0) is 18.9 Å². The molecule has 2 N–H and O–H groups in total. The van der Waals surface area contributed by atoms with Gasteiger partial charge in [0.15, 0.2) is 4.91 Å². The van der Waals surface area contributed by atoms with Crippen molar-refractivity contribution in [3.8, 4) is 0 Å². The average Bonchev–Trinajstić information content (AvgIpc) is 1.82. The molecule has 0 aromatic carbocycles. The van der Waals surface area contributed by atoms with Crippen molar-refractivity contribution in [3.63, 3.8) is 0 Å². The van der Waals surface area contributed by atoms with Crippen molar-refractivity contribution < 1.29 is 22.9 Å². The van der Waals surface area contributed by atoms with Gasteiger partial charge in [-0.1, -0.05) is 13.3 Å². The van der Waals surface area contributed by atoms with Crippen molar-refractivity contribution >= 4 is 16.1 Å². The van der Waals surface area contributed by atoms with Gasteiger partial charge in [0.1, 0.15) is 0 Å². The maximum absolute atomic E-state index is 10.6. The Morgan fingerprint density at radius 3 is 2.08 bits per heavy atom. The minimum absolute atomic E-state index is 0.164. The molecule has 0 atom stereocenters. The van der Waals surface area contributed by atoms with E-state index < -0.39 is 21.0 Å². The smallest absolute Gasteiger partial charge is 0.349 e. The minimum atomic E-state index is -4.61. The zero-order valence-corrected chi connectivity index (χ0v) is 8.26. The monoisotopic (exact) mass is 208 g/mol. The van der Waals surface area contributed by atoms with Gasteiger partial charge in [-0.2, -0.15) is 8.42 Å². The zero-order valence-electron chi connectivity index (χ0n) is 7.44. The van der Waals surface area contributed by atoms with Crippen molar-refractivity contribution in [1.29, 1.82) is 0 Å². The highest BCUT2D eigenvalue weighted by atomic mass is 32.2. The molecule has 0 fully saturated rings. The summed E-state index contributed by atoms with van der Waals surface area (Å²) >= 11 is 0.